The van der Waals surface area contributed by atoms with E-state index in [1.165, 1.54) is 0 Å². The number of nitrogens with zero attached hydrogens (tertiary/aromatic N) is 2. The molecule has 1 radical (unpaired) electrons. The quantitative estimate of drug-likeness (QED) is 0.478. The summed E-state index contributed by atoms with van der Waals surface area (Å²) in [4.78, 5) is 0. The van der Waals surface area contributed by atoms with Crippen LogP contribution in [0.2, 0.25) is 0 Å². The number of hydrogen-bond acceptors (Lipinski definition) is 1. The molecule has 49 valence electrons. The molecule has 1 aliphatic heterocycles. The molecule has 0 N–H and O–H groups in total. The molecule has 1 aliphatic rings. The first-order chi connectivity index (χ1) is 4.25. The van der Waals surface area contributed by atoms with Crippen molar-refractivity contribution in [3.05, 3.63) is 11.5 Å². The summed E-state index contributed by atoms with van der Waals surface area (Å²) in [6, 6.07) is 0. The normalized spacial score (nSPS) is 17.9. The molecule has 1 heterocycles. The van der Waals surface area contributed by atoms with Gasteiger partial charge in [0.05, 0.1) is 5.71 Å². The maximum absolute atomic E-state index is 12.4. The summed E-state index contributed by atoms with van der Waals surface area (Å²) >= 11 is 0. The van der Waals surface area contributed by atoms with Crippen molar-refractivity contribution in [2.24, 2.45) is 5.10 Å². The first-order valence-corrected chi connectivity index (χ1v) is 2.90. The van der Waals surface area contributed by atoms with Crippen LogP contribution in [0.15, 0.2) is 16.6 Å². The van der Waals surface area contributed by atoms with Crippen LogP contribution < -0.4 is 5.43 Å². The molecule has 9 heavy (non-hydrogen) atoms. The highest BCUT2D eigenvalue weighted by Crippen LogP contribution is 2.15. The molecule has 0 saturated heterocycles. The lowest BCUT2D eigenvalue weighted by atomic mass is 10.1. The summed E-state index contributed by atoms with van der Waals surface area (Å²) in [5, 5.41) is 3.56. The van der Waals surface area contributed by atoms with Crippen LogP contribution in [0.4, 0.5) is 4.39 Å². The van der Waals surface area contributed by atoms with Crippen molar-refractivity contribution in [1.29, 1.82) is 0 Å². The minimum atomic E-state index is -0.421. The molecule has 1 rings (SSSR count). The molecule has 0 aliphatic carbocycles. The molecule has 2 nitrogen and oxygen atoms in total. The second-order valence-electron chi connectivity index (χ2n) is 1.91. The van der Waals surface area contributed by atoms with Gasteiger partial charge in [-0.1, -0.05) is 6.92 Å². The molecule has 0 amide bonds. The fourth-order valence-electron chi connectivity index (χ4n) is 0.791. The predicted molar refractivity (Wildman–Crippen MR) is 33.7 cm³/mol. The third-order valence-corrected chi connectivity index (χ3v) is 1.33. The van der Waals surface area contributed by atoms with Crippen LogP contribution in [0.25, 0.3) is 0 Å². The van der Waals surface area contributed by atoms with Crippen LogP contribution in [0.5, 0.6) is 0 Å². The molecule has 0 unspecified atom stereocenters. The minimum absolute atomic E-state index is 0.421. The Morgan fingerprint density at radius 1 is 1.56 bits per heavy atom. The van der Waals surface area contributed by atoms with Gasteiger partial charge in [0.15, 0.2) is 0 Å². The number of allylic oxidation sites excluding steroid dienone is 1. The van der Waals surface area contributed by atoms with Crippen LogP contribution in [-0.2, 0) is 0 Å². The standard InChI is InChI=1S/C6H8FN2/c1-3-5-4(2)8-9-6(5)7/h3H2,1-2H3. The van der Waals surface area contributed by atoms with E-state index in [9.17, 15) is 4.39 Å². The van der Waals surface area contributed by atoms with Gasteiger partial charge < -0.3 is 0 Å². The zero-order chi connectivity index (χ0) is 6.85. The average molecular weight is 127 g/mol. The van der Waals surface area contributed by atoms with Gasteiger partial charge in [-0.15, -0.1) is 5.43 Å². The molecule has 0 aromatic rings. The number of hydrogen-bond donors (Lipinski definition) is 0. The molecule has 0 aromatic carbocycles. The highest BCUT2D eigenvalue weighted by molar-refractivity contribution is 5.99. The van der Waals surface area contributed by atoms with Gasteiger partial charge in [-0.3, -0.25) is 0 Å². The second-order valence-corrected chi connectivity index (χ2v) is 1.91. The van der Waals surface area contributed by atoms with Crippen molar-refractivity contribution in [2.75, 3.05) is 0 Å². The van der Waals surface area contributed by atoms with E-state index in [1.54, 1.807) is 6.92 Å². The van der Waals surface area contributed by atoms with Crippen LogP contribution in [-0.4, -0.2) is 5.71 Å². The lowest BCUT2D eigenvalue weighted by Gasteiger charge is -1.91. The average Bonchev–Trinajstić information content (AvgIpc) is 2.12. The van der Waals surface area contributed by atoms with Crippen LogP contribution in [0, 0.1) is 0 Å². The second kappa shape index (κ2) is 2.17. The molecular formula is C6H8FN2. The summed E-state index contributed by atoms with van der Waals surface area (Å²) in [5.41, 5.74) is 4.61. The smallest absolute Gasteiger partial charge is 0.183 e. The Hall–Kier alpha value is -0.860. The zero-order valence-corrected chi connectivity index (χ0v) is 5.48. The van der Waals surface area contributed by atoms with Gasteiger partial charge in [0, 0.05) is 5.57 Å². The van der Waals surface area contributed by atoms with Crippen LogP contribution in [0.1, 0.15) is 20.3 Å². The largest absolute Gasteiger partial charge is 0.238 e. The molecule has 0 bridgehead atoms. The van der Waals surface area contributed by atoms with Gasteiger partial charge in [0.2, 0.25) is 5.95 Å². The Labute approximate surface area is 53.4 Å². The Bertz CT molecular complexity index is 181. The summed E-state index contributed by atoms with van der Waals surface area (Å²) in [5.74, 6) is -0.421. The fourth-order valence-corrected chi connectivity index (χ4v) is 0.791. The highest BCUT2D eigenvalue weighted by atomic mass is 19.1. The van der Waals surface area contributed by atoms with E-state index in [1.807, 2.05) is 6.92 Å². The number of rotatable bonds is 1. The summed E-state index contributed by atoms with van der Waals surface area (Å²) in [6.07, 6.45) is 0.671. The van der Waals surface area contributed by atoms with Gasteiger partial charge in [0.25, 0.3) is 0 Å². The lowest BCUT2D eigenvalue weighted by molar-refractivity contribution is 0.550. The molecule has 0 atom stereocenters. The van der Waals surface area contributed by atoms with E-state index < -0.39 is 5.95 Å². The Balaban J connectivity index is 2.83. The summed E-state index contributed by atoms with van der Waals surface area (Å²) in [7, 11) is 0. The summed E-state index contributed by atoms with van der Waals surface area (Å²) < 4.78 is 12.4. The van der Waals surface area contributed by atoms with Gasteiger partial charge in [-0.05, 0) is 13.3 Å². The first-order valence-electron chi connectivity index (χ1n) is 2.90. The van der Waals surface area contributed by atoms with Gasteiger partial charge in [-0.25, -0.2) is 0 Å². The monoisotopic (exact) mass is 127 g/mol. The van der Waals surface area contributed by atoms with Gasteiger partial charge in [-0.2, -0.15) is 9.49 Å². The maximum Gasteiger partial charge on any atom is 0.238 e. The highest BCUT2D eigenvalue weighted by Gasteiger charge is 2.14. The van der Waals surface area contributed by atoms with Crippen LogP contribution in [0.3, 0.4) is 0 Å². The van der Waals surface area contributed by atoms with Crippen molar-refractivity contribution >= 4 is 5.71 Å². The lowest BCUT2D eigenvalue weighted by Crippen LogP contribution is -1.91. The van der Waals surface area contributed by atoms with E-state index >= 15 is 0 Å². The van der Waals surface area contributed by atoms with E-state index in [4.69, 9.17) is 0 Å². The van der Waals surface area contributed by atoms with Crippen molar-refractivity contribution in [2.45, 2.75) is 20.3 Å². The third kappa shape index (κ3) is 0.943. The molecule has 3 heteroatoms. The number of halogens is 1. The van der Waals surface area contributed by atoms with Crippen LogP contribution >= 0.6 is 0 Å². The van der Waals surface area contributed by atoms with Crippen molar-refractivity contribution in [3.8, 4) is 0 Å². The third-order valence-electron chi connectivity index (χ3n) is 1.33. The zero-order valence-electron chi connectivity index (χ0n) is 5.48. The molecule has 0 spiro atoms. The molecule has 0 saturated carbocycles. The summed E-state index contributed by atoms with van der Waals surface area (Å²) in [6.45, 7) is 3.64. The van der Waals surface area contributed by atoms with E-state index in [2.05, 4.69) is 10.5 Å². The maximum atomic E-state index is 12.4. The van der Waals surface area contributed by atoms with Crippen molar-refractivity contribution < 1.29 is 4.39 Å². The van der Waals surface area contributed by atoms with E-state index in [-0.39, 0.29) is 0 Å². The molecule has 0 aromatic heterocycles. The van der Waals surface area contributed by atoms with Crippen molar-refractivity contribution in [1.82, 2.24) is 5.43 Å². The minimum Gasteiger partial charge on any atom is -0.183 e. The van der Waals surface area contributed by atoms with Gasteiger partial charge in [0.1, 0.15) is 0 Å². The Morgan fingerprint density at radius 3 is 2.44 bits per heavy atom. The molecule has 0 fully saturated rings. The first kappa shape index (κ1) is 6.26. The Kier molecular flexibility index (Phi) is 1.51. The van der Waals surface area contributed by atoms with Crippen molar-refractivity contribution in [3.63, 3.8) is 0 Å². The van der Waals surface area contributed by atoms with E-state index in [0.29, 0.717) is 17.7 Å². The molecular weight excluding hydrogens is 119 g/mol. The Morgan fingerprint density at radius 2 is 2.22 bits per heavy atom. The fraction of sp³-hybridized carbons (Fsp3) is 0.500. The predicted octanol–water partition coefficient (Wildman–Crippen LogP) is 1.57. The topological polar surface area (TPSA) is 26.5 Å². The SMILES string of the molecule is CCC1=C(F)[N]N=C1C. The van der Waals surface area contributed by atoms with Gasteiger partial charge >= 0.3 is 0 Å². The van der Waals surface area contributed by atoms with E-state index in [0.717, 1.165) is 0 Å².